The molecule has 152 valence electrons. The third kappa shape index (κ3) is 4.31. The van der Waals surface area contributed by atoms with E-state index in [4.69, 9.17) is 14.2 Å². The molecular formula is C23H23FO5. The lowest BCUT2D eigenvalue weighted by Crippen LogP contribution is -2.34. The van der Waals surface area contributed by atoms with E-state index in [9.17, 15) is 14.0 Å². The van der Waals surface area contributed by atoms with Crippen LogP contribution in [0.2, 0.25) is 0 Å². The van der Waals surface area contributed by atoms with Gasteiger partial charge in [-0.1, -0.05) is 18.2 Å². The molecule has 0 heterocycles. The summed E-state index contributed by atoms with van der Waals surface area (Å²) < 4.78 is 29.6. The SMILES string of the molecule is CCOC(=O)[C@@H]1C(=O)C=C(c2ccc(OC)c(OC)c2)C[C@@H]1c1cccc(F)c1. The molecule has 0 unspecified atom stereocenters. The van der Waals surface area contributed by atoms with E-state index in [1.54, 1.807) is 38.3 Å². The van der Waals surface area contributed by atoms with Gasteiger partial charge in [-0.2, -0.15) is 0 Å². The minimum absolute atomic E-state index is 0.171. The van der Waals surface area contributed by atoms with Crippen molar-refractivity contribution in [3.8, 4) is 11.5 Å². The van der Waals surface area contributed by atoms with Crippen molar-refractivity contribution in [2.24, 2.45) is 5.92 Å². The van der Waals surface area contributed by atoms with E-state index in [0.717, 1.165) is 11.1 Å². The number of carbonyl (C=O) groups is 2. The van der Waals surface area contributed by atoms with Crippen molar-refractivity contribution in [2.45, 2.75) is 19.3 Å². The van der Waals surface area contributed by atoms with Gasteiger partial charge in [-0.15, -0.1) is 0 Å². The molecule has 0 aliphatic heterocycles. The zero-order valence-corrected chi connectivity index (χ0v) is 16.6. The minimum atomic E-state index is -0.999. The third-order valence-corrected chi connectivity index (χ3v) is 5.04. The highest BCUT2D eigenvalue weighted by Gasteiger charge is 2.40. The summed E-state index contributed by atoms with van der Waals surface area (Å²) in [6, 6.07) is 11.4. The lowest BCUT2D eigenvalue weighted by atomic mass is 9.73. The first-order chi connectivity index (χ1) is 14.0. The Morgan fingerprint density at radius 3 is 2.52 bits per heavy atom. The summed E-state index contributed by atoms with van der Waals surface area (Å²) in [5, 5.41) is 0. The number of benzene rings is 2. The predicted molar refractivity (Wildman–Crippen MR) is 106 cm³/mol. The van der Waals surface area contributed by atoms with Crippen LogP contribution in [0, 0.1) is 11.7 Å². The standard InChI is InChI=1S/C23H23FO5/c1-4-29-23(26)22-18(15-6-5-7-17(24)10-15)11-16(12-19(22)25)14-8-9-20(27-2)21(13-14)28-3/h5-10,12-13,18,22H,4,11H2,1-3H3/t18-,22+/m1/s1. The van der Waals surface area contributed by atoms with Crippen LogP contribution < -0.4 is 9.47 Å². The van der Waals surface area contributed by atoms with Crippen LogP contribution in [-0.4, -0.2) is 32.6 Å². The van der Waals surface area contributed by atoms with Gasteiger partial charge in [0.25, 0.3) is 0 Å². The van der Waals surface area contributed by atoms with E-state index in [2.05, 4.69) is 0 Å². The van der Waals surface area contributed by atoms with E-state index in [-0.39, 0.29) is 12.4 Å². The fourth-order valence-corrected chi connectivity index (χ4v) is 3.67. The predicted octanol–water partition coefficient (Wildman–Crippen LogP) is 4.16. The van der Waals surface area contributed by atoms with Crippen molar-refractivity contribution in [1.82, 2.24) is 0 Å². The molecule has 0 N–H and O–H groups in total. The van der Waals surface area contributed by atoms with Crippen LogP contribution in [0.5, 0.6) is 11.5 Å². The summed E-state index contributed by atoms with van der Waals surface area (Å²) in [4.78, 5) is 25.4. The number of methoxy groups -OCH3 is 2. The van der Waals surface area contributed by atoms with Gasteiger partial charge in [0.05, 0.1) is 20.8 Å². The molecule has 1 aliphatic carbocycles. The van der Waals surface area contributed by atoms with Crippen molar-refractivity contribution in [3.05, 3.63) is 65.5 Å². The first-order valence-corrected chi connectivity index (χ1v) is 9.37. The van der Waals surface area contributed by atoms with Gasteiger partial charge in [0.15, 0.2) is 17.3 Å². The van der Waals surface area contributed by atoms with Gasteiger partial charge in [-0.05, 0) is 60.4 Å². The average Bonchev–Trinajstić information content (AvgIpc) is 2.72. The third-order valence-electron chi connectivity index (χ3n) is 5.04. The summed E-state index contributed by atoms with van der Waals surface area (Å²) in [5.41, 5.74) is 2.10. The van der Waals surface area contributed by atoms with E-state index in [1.165, 1.54) is 25.3 Å². The molecule has 2 atom stereocenters. The Labute approximate surface area is 169 Å². The summed E-state index contributed by atoms with van der Waals surface area (Å²) >= 11 is 0. The number of hydrogen-bond acceptors (Lipinski definition) is 5. The highest BCUT2D eigenvalue weighted by atomic mass is 19.1. The van der Waals surface area contributed by atoms with Crippen molar-refractivity contribution in [3.63, 3.8) is 0 Å². The van der Waals surface area contributed by atoms with Crippen molar-refractivity contribution in [2.75, 3.05) is 20.8 Å². The fourth-order valence-electron chi connectivity index (χ4n) is 3.67. The molecule has 0 saturated carbocycles. The number of esters is 1. The van der Waals surface area contributed by atoms with Gasteiger partial charge in [-0.25, -0.2) is 4.39 Å². The number of halogens is 1. The molecule has 2 aromatic carbocycles. The normalized spacial score (nSPS) is 18.8. The number of allylic oxidation sites excluding steroid dienone is 2. The van der Waals surface area contributed by atoms with Crippen molar-refractivity contribution < 1.29 is 28.2 Å². The van der Waals surface area contributed by atoms with E-state index < -0.39 is 23.6 Å². The quantitative estimate of drug-likeness (QED) is 0.540. The molecule has 2 aromatic rings. The number of carbonyl (C=O) groups excluding carboxylic acids is 2. The Kier molecular flexibility index (Phi) is 6.32. The van der Waals surface area contributed by atoms with Crippen LogP contribution in [0.3, 0.4) is 0 Å². The molecule has 1 aliphatic rings. The molecule has 0 fully saturated rings. The van der Waals surface area contributed by atoms with Crippen LogP contribution in [0.1, 0.15) is 30.4 Å². The van der Waals surface area contributed by atoms with Crippen LogP contribution in [0.25, 0.3) is 5.57 Å². The monoisotopic (exact) mass is 398 g/mol. The smallest absolute Gasteiger partial charge is 0.317 e. The van der Waals surface area contributed by atoms with Crippen LogP contribution in [0.15, 0.2) is 48.5 Å². The molecule has 5 nitrogen and oxygen atoms in total. The Morgan fingerprint density at radius 2 is 1.86 bits per heavy atom. The number of hydrogen-bond donors (Lipinski definition) is 0. The second-order valence-electron chi connectivity index (χ2n) is 6.74. The Bertz CT molecular complexity index is 950. The fraction of sp³-hybridized carbons (Fsp3) is 0.304. The number of ether oxygens (including phenoxy) is 3. The Hall–Kier alpha value is -3.15. The van der Waals surface area contributed by atoms with Crippen LogP contribution >= 0.6 is 0 Å². The van der Waals surface area contributed by atoms with E-state index in [1.807, 2.05) is 6.07 Å². The molecule has 0 amide bonds. The first kappa shape index (κ1) is 20.6. The van der Waals surface area contributed by atoms with Gasteiger partial charge in [0.1, 0.15) is 11.7 Å². The summed E-state index contributed by atoms with van der Waals surface area (Å²) in [6.07, 6.45) is 1.85. The highest BCUT2D eigenvalue weighted by molar-refractivity contribution is 6.10. The Balaban J connectivity index is 2.04. The van der Waals surface area contributed by atoms with Gasteiger partial charge in [0.2, 0.25) is 0 Å². The van der Waals surface area contributed by atoms with E-state index >= 15 is 0 Å². The largest absolute Gasteiger partial charge is 0.493 e. The maximum absolute atomic E-state index is 13.9. The molecule has 0 bridgehead atoms. The van der Waals surface area contributed by atoms with Crippen molar-refractivity contribution >= 4 is 17.3 Å². The van der Waals surface area contributed by atoms with Crippen LogP contribution in [0.4, 0.5) is 4.39 Å². The lowest BCUT2D eigenvalue weighted by Gasteiger charge is -2.29. The molecule has 0 saturated heterocycles. The highest BCUT2D eigenvalue weighted by Crippen LogP contribution is 2.42. The Morgan fingerprint density at radius 1 is 1.10 bits per heavy atom. The second-order valence-corrected chi connectivity index (χ2v) is 6.74. The van der Waals surface area contributed by atoms with Crippen LogP contribution in [-0.2, 0) is 14.3 Å². The summed E-state index contributed by atoms with van der Waals surface area (Å²) in [5.74, 6) is -1.77. The molecule has 6 heteroatoms. The number of ketones is 1. The lowest BCUT2D eigenvalue weighted by molar-refractivity contribution is -0.151. The van der Waals surface area contributed by atoms with Gasteiger partial charge < -0.3 is 14.2 Å². The second kappa shape index (κ2) is 8.90. The maximum Gasteiger partial charge on any atom is 0.317 e. The summed E-state index contributed by atoms with van der Waals surface area (Å²) in [6.45, 7) is 1.86. The first-order valence-electron chi connectivity index (χ1n) is 9.37. The van der Waals surface area contributed by atoms with E-state index in [0.29, 0.717) is 23.5 Å². The van der Waals surface area contributed by atoms with Crippen molar-refractivity contribution in [1.29, 1.82) is 0 Å². The number of rotatable bonds is 6. The summed E-state index contributed by atoms with van der Waals surface area (Å²) in [7, 11) is 3.08. The molecule has 0 radical (unpaired) electrons. The molecule has 29 heavy (non-hydrogen) atoms. The molecule has 0 spiro atoms. The minimum Gasteiger partial charge on any atom is -0.493 e. The maximum atomic E-state index is 13.9. The van der Waals surface area contributed by atoms with Gasteiger partial charge >= 0.3 is 5.97 Å². The zero-order chi connectivity index (χ0) is 21.0. The molecule has 3 rings (SSSR count). The zero-order valence-electron chi connectivity index (χ0n) is 16.6. The average molecular weight is 398 g/mol. The van der Waals surface area contributed by atoms with Gasteiger partial charge in [-0.3, -0.25) is 9.59 Å². The van der Waals surface area contributed by atoms with Gasteiger partial charge in [0, 0.05) is 5.92 Å². The topological polar surface area (TPSA) is 61.8 Å². The molecular weight excluding hydrogens is 375 g/mol. The molecule has 0 aromatic heterocycles.